The number of aliphatic hydroxyl groups is 1. The van der Waals surface area contributed by atoms with Crippen molar-refractivity contribution in [3.05, 3.63) is 35.9 Å². The van der Waals surface area contributed by atoms with E-state index in [1.165, 1.54) is 0 Å². The fourth-order valence-corrected chi connectivity index (χ4v) is 1.48. The van der Waals surface area contributed by atoms with Crippen molar-refractivity contribution in [3.63, 3.8) is 0 Å². The maximum Gasteiger partial charge on any atom is 0.306 e. The van der Waals surface area contributed by atoms with Crippen molar-refractivity contribution in [1.82, 2.24) is 0 Å². The van der Waals surface area contributed by atoms with E-state index in [1.807, 2.05) is 44.2 Å². The molecule has 3 heteroatoms. The van der Waals surface area contributed by atoms with Gasteiger partial charge in [-0.2, -0.15) is 0 Å². The van der Waals surface area contributed by atoms with Crippen molar-refractivity contribution < 1.29 is 15.0 Å². The van der Waals surface area contributed by atoms with Gasteiger partial charge in [-0.1, -0.05) is 44.2 Å². The number of benzene rings is 1. The van der Waals surface area contributed by atoms with Gasteiger partial charge in [-0.3, -0.25) is 4.79 Å². The Morgan fingerprint density at radius 3 is 2.33 bits per heavy atom. The van der Waals surface area contributed by atoms with E-state index in [0.29, 0.717) is 0 Å². The smallest absolute Gasteiger partial charge is 0.306 e. The summed E-state index contributed by atoms with van der Waals surface area (Å²) in [7, 11) is 0. The monoisotopic (exact) mass is 208 g/mol. The summed E-state index contributed by atoms with van der Waals surface area (Å²) in [6, 6.07) is 9.44. The van der Waals surface area contributed by atoms with Crippen molar-refractivity contribution in [2.24, 2.45) is 0 Å². The zero-order valence-electron chi connectivity index (χ0n) is 8.97. The topological polar surface area (TPSA) is 57.5 Å². The number of carboxylic acids is 1. The first-order valence-electron chi connectivity index (χ1n) is 4.90. The van der Waals surface area contributed by atoms with E-state index in [1.54, 1.807) is 0 Å². The van der Waals surface area contributed by atoms with Gasteiger partial charge in [0.1, 0.15) is 0 Å². The molecule has 3 nitrogen and oxygen atoms in total. The van der Waals surface area contributed by atoms with Crippen LogP contribution >= 0.6 is 0 Å². The van der Waals surface area contributed by atoms with E-state index in [0.717, 1.165) is 5.56 Å². The molecule has 0 heterocycles. The molecule has 15 heavy (non-hydrogen) atoms. The predicted octanol–water partition coefficient (Wildman–Crippen LogP) is 1.80. The fraction of sp³-hybridized carbons (Fsp3) is 0.417. The second-order valence-corrected chi connectivity index (χ2v) is 4.20. The van der Waals surface area contributed by atoms with Crippen LogP contribution in [0, 0.1) is 0 Å². The van der Waals surface area contributed by atoms with Crippen molar-refractivity contribution in [3.8, 4) is 0 Å². The highest BCUT2D eigenvalue weighted by Gasteiger charge is 2.31. The van der Waals surface area contributed by atoms with Gasteiger partial charge < -0.3 is 10.2 Å². The largest absolute Gasteiger partial charge is 0.481 e. The van der Waals surface area contributed by atoms with E-state index in [2.05, 4.69) is 0 Å². The number of hydrogen-bond donors (Lipinski definition) is 2. The molecule has 0 radical (unpaired) electrons. The van der Waals surface area contributed by atoms with Crippen molar-refractivity contribution in [2.75, 3.05) is 0 Å². The third-order valence-corrected chi connectivity index (χ3v) is 2.72. The molecule has 1 aromatic carbocycles. The van der Waals surface area contributed by atoms with Crippen molar-refractivity contribution in [2.45, 2.75) is 31.8 Å². The molecule has 0 saturated carbocycles. The number of aliphatic carboxylic acids is 1. The summed E-state index contributed by atoms with van der Waals surface area (Å²) in [6.07, 6.45) is -1.11. The fourth-order valence-electron chi connectivity index (χ4n) is 1.48. The van der Waals surface area contributed by atoms with Gasteiger partial charge in [-0.05, 0) is 5.56 Å². The van der Waals surface area contributed by atoms with Crippen LogP contribution in [0.5, 0.6) is 0 Å². The predicted molar refractivity (Wildman–Crippen MR) is 57.7 cm³/mol. The second-order valence-electron chi connectivity index (χ2n) is 4.20. The summed E-state index contributed by atoms with van der Waals surface area (Å²) in [6.45, 7) is 3.69. The highest BCUT2D eigenvalue weighted by atomic mass is 16.4. The molecule has 2 N–H and O–H groups in total. The van der Waals surface area contributed by atoms with Gasteiger partial charge in [-0.25, -0.2) is 0 Å². The standard InChI is InChI=1S/C12H16O3/c1-12(2,10(13)8-11(14)15)9-6-4-3-5-7-9/h3-7,10,13H,8H2,1-2H3,(H,14,15). The molecule has 0 aliphatic carbocycles. The molecule has 1 atom stereocenters. The SMILES string of the molecule is CC(C)(c1ccccc1)C(O)CC(=O)O. The zero-order valence-corrected chi connectivity index (χ0v) is 8.97. The highest BCUT2D eigenvalue weighted by molar-refractivity contribution is 5.67. The summed E-state index contributed by atoms with van der Waals surface area (Å²) < 4.78 is 0. The van der Waals surface area contributed by atoms with Gasteiger partial charge in [0.2, 0.25) is 0 Å². The molecule has 0 aliphatic heterocycles. The molecule has 0 aromatic heterocycles. The van der Waals surface area contributed by atoms with E-state index in [-0.39, 0.29) is 6.42 Å². The lowest BCUT2D eigenvalue weighted by Crippen LogP contribution is -2.35. The van der Waals surface area contributed by atoms with Gasteiger partial charge in [0.15, 0.2) is 0 Å². The Labute approximate surface area is 89.4 Å². The Morgan fingerprint density at radius 1 is 1.33 bits per heavy atom. The molecule has 0 saturated heterocycles. The Kier molecular flexibility index (Phi) is 3.48. The summed E-state index contributed by atoms with van der Waals surface area (Å²) in [5.41, 5.74) is 0.401. The maximum atomic E-state index is 10.5. The summed E-state index contributed by atoms with van der Waals surface area (Å²) in [5.74, 6) is -0.980. The van der Waals surface area contributed by atoms with Crippen molar-refractivity contribution in [1.29, 1.82) is 0 Å². The highest BCUT2D eigenvalue weighted by Crippen LogP contribution is 2.28. The minimum atomic E-state index is -0.980. The Morgan fingerprint density at radius 2 is 1.87 bits per heavy atom. The molecule has 0 fully saturated rings. The summed E-state index contributed by atoms with van der Waals surface area (Å²) >= 11 is 0. The second kappa shape index (κ2) is 4.45. The Hall–Kier alpha value is -1.35. The zero-order chi connectivity index (χ0) is 11.5. The molecule has 0 aliphatic rings. The first-order chi connectivity index (χ1) is 6.94. The Bertz CT molecular complexity index is 330. The molecule has 1 rings (SSSR count). The maximum absolute atomic E-state index is 10.5. The van der Waals surface area contributed by atoms with E-state index in [9.17, 15) is 9.90 Å². The van der Waals surface area contributed by atoms with Crippen molar-refractivity contribution >= 4 is 5.97 Å². The normalized spacial score (nSPS) is 13.5. The van der Waals surface area contributed by atoms with Crippen LogP contribution in [-0.2, 0) is 10.2 Å². The molecule has 0 spiro atoms. The molecular formula is C12H16O3. The average molecular weight is 208 g/mol. The number of hydrogen-bond acceptors (Lipinski definition) is 2. The average Bonchev–Trinajstić information content (AvgIpc) is 2.18. The third kappa shape index (κ3) is 2.80. The molecule has 1 unspecified atom stereocenters. The van der Waals surface area contributed by atoms with Crippen LogP contribution < -0.4 is 0 Å². The first kappa shape index (κ1) is 11.7. The van der Waals surface area contributed by atoms with Gasteiger partial charge in [0, 0.05) is 5.41 Å². The van der Waals surface area contributed by atoms with Crippen LogP contribution in [0.15, 0.2) is 30.3 Å². The molecule has 1 aromatic rings. The number of aliphatic hydroxyl groups excluding tert-OH is 1. The van der Waals surface area contributed by atoms with Crippen LogP contribution in [-0.4, -0.2) is 22.3 Å². The molecule has 0 bridgehead atoms. The lowest BCUT2D eigenvalue weighted by atomic mass is 9.78. The summed E-state index contributed by atoms with van der Waals surface area (Å²) in [4.78, 5) is 10.5. The van der Waals surface area contributed by atoms with E-state index in [4.69, 9.17) is 5.11 Å². The minimum Gasteiger partial charge on any atom is -0.481 e. The van der Waals surface area contributed by atoms with Crippen LogP contribution in [0.1, 0.15) is 25.8 Å². The Balaban J connectivity index is 2.87. The number of carbonyl (C=O) groups is 1. The first-order valence-corrected chi connectivity index (χ1v) is 4.90. The van der Waals surface area contributed by atoms with Crippen LogP contribution in [0.3, 0.4) is 0 Å². The molecule has 82 valence electrons. The number of rotatable bonds is 4. The van der Waals surface area contributed by atoms with Gasteiger partial charge in [0.25, 0.3) is 0 Å². The van der Waals surface area contributed by atoms with Crippen LogP contribution in [0.4, 0.5) is 0 Å². The number of carboxylic acid groups (broad SMARTS) is 1. The third-order valence-electron chi connectivity index (χ3n) is 2.72. The van der Waals surface area contributed by atoms with Gasteiger partial charge in [-0.15, -0.1) is 0 Å². The minimum absolute atomic E-state index is 0.234. The molecule has 0 amide bonds. The summed E-state index contributed by atoms with van der Waals surface area (Å²) in [5, 5.41) is 18.5. The van der Waals surface area contributed by atoms with Gasteiger partial charge >= 0.3 is 5.97 Å². The van der Waals surface area contributed by atoms with E-state index < -0.39 is 17.5 Å². The quantitative estimate of drug-likeness (QED) is 0.793. The van der Waals surface area contributed by atoms with Crippen LogP contribution in [0.25, 0.3) is 0 Å². The van der Waals surface area contributed by atoms with Gasteiger partial charge in [0.05, 0.1) is 12.5 Å². The lowest BCUT2D eigenvalue weighted by molar-refractivity contribution is -0.140. The van der Waals surface area contributed by atoms with Crippen LogP contribution in [0.2, 0.25) is 0 Å². The molecular weight excluding hydrogens is 192 g/mol. The lowest BCUT2D eigenvalue weighted by Gasteiger charge is -2.30. The van der Waals surface area contributed by atoms with E-state index >= 15 is 0 Å².